The van der Waals surface area contributed by atoms with E-state index in [0.717, 1.165) is 23.8 Å². The highest BCUT2D eigenvalue weighted by molar-refractivity contribution is 7.98. The molecule has 0 atom stereocenters. The van der Waals surface area contributed by atoms with Crippen LogP contribution in [0.1, 0.15) is 35.1 Å². The number of aromatic nitrogens is 3. The Bertz CT molecular complexity index is 1060. The van der Waals surface area contributed by atoms with Crippen molar-refractivity contribution in [3.63, 3.8) is 0 Å². The third-order valence-corrected chi connectivity index (χ3v) is 6.35. The summed E-state index contributed by atoms with van der Waals surface area (Å²) in [5, 5.41) is 8.26. The van der Waals surface area contributed by atoms with Gasteiger partial charge in [0.1, 0.15) is 0 Å². The zero-order valence-electron chi connectivity index (χ0n) is 16.7. The van der Waals surface area contributed by atoms with E-state index in [9.17, 15) is 0 Å². The maximum absolute atomic E-state index is 4.12. The Balaban J connectivity index is 1.78. The fraction of sp³-hybridized carbons (Fsp3) is 0.250. The summed E-state index contributed by atoms with van der Waals surface area (Å²) in [6, 6.07) is 13.5. The van der Waals surface area contributed by atoms with Gasteiger partial charge in [0.2, 0.25) is 0 Å². The molecule has 142 valence electrons. The predicted octanol–water partition coefficient (Wildman–Crippen LogP) is 5.54. The van der Waals surface area contributed by atoms with Gasteiger partial charge in [-0.3, -0.25) is 0 Å². The van der Waals surface area contributed by atoms with Gasteiger partial charge in [-0.25, -0.2) is 4.57 Å². The van der Waals surface area contributed by atoms with Crippen molar-refractivity contribution in [3.8, 4) is 11.1 Å². The number of nitrogens with one attached hydrogen (secondary N) is 1. The van der Waals surface area contributed by atoms with E-state index in [1.165, 1.54) is 39.0 Å². The van der Waals surface area contributed by atoms with E-state index < -0.39 is 0 Å². The third-order valence-electron chi connectivity index (χ3n) is 5.24. The van der Waals surface area contributed by atoms with Gasteiger partial charge >= 0.3 is 0 Å². The Hall–Kier alpha value is -2.59. The first-order valence-electron chi connectivity index (χ1n) is 9.71. The zero-order chi connectivity index (χ0) is 19.5. The van der Waals surface area contributed by atoms with Crippen LogP contribution >= 0.6 is 11.8 Å². The van der Waals surface area contributed by atoms with Crippen LogP contribution in [0.25, 0.3) is 16.7 Å². The molecule has 1 heterocycles. The Morgan fingerprint density at radius 2 is 2.04 bits per heavy atom. The lowest BCUT2D eigenvalue weighted by molar-refractivity contribution is -0.709. The van der Waals surface area contributed by atoms with Crippen LogP contribution in [0.5, 0.6) is 0 Å². The summed E-state index contributed by atoms with van der Waals surface area (Å²) in [5.41, 5.74) is 9.51. The molecule has 0 fully saturated rings. The molecule has 0 unspecified atom stereocenters. The van der Waals surface area contributed by atoms with E-state index in [1.807, 2.05) is 11.6 Å². The van der Waals surface area contributed by atoms with E-state index in [0.29, 0.717) is 0 Å². The number of hydrogen-bond donors (Lipinski definition) is 1. The second-order valence-electron chi connectivity index (χ2n) is 7.38. The second-order valence-corrected chi connectivity index (χ2v) is 8.34. The van der Waals surface area contributed by atoms with E-state index >= 15 is 0 Å². The highest BCUT2D eigenvalue weighted by atomic mass is 32.2. The van der Waals surface area contributed by atoms with Gasteiger partial charge in [0.05, 0.1) is 7.05 Å². The van der Waals surface area contributed by atoms with Gasteiger partial charge in [-0.2, -0.15) is 0 Å². The lowest BCUT2D eigenvalue weighted by Gasteiger charge is -2.19. The van der Waals surface area contributed by atoms with Crippen molar-refractivity contribution in [2.24, 2.45) is 7.05 Å². The minimum atomic E-state index is 0.901. The van der Waals surface area contributed by atoms with Crippen molar-refractivity contribution in [1.82, 2.24) is 10.2 Å². The number of thioether (sulfide) groups is 1. The largest absolute Gasteiger partial charge is 0.293 e. The first-order valence-corrected chi connectivity index (χ1v) is 10.7. The van der Waals surface area contributed by atoms with Gasteiger partial charge in [-0.15, -0.1) is 5.10 Å². The van der Waals surface area contributed by atoms with Crippen LogP contribution < -0.4 is 4.57 Å². The normalized spacial score (nSPS) is 13.6. The van der Waals surface area contributed by atoms with Crippen LogP contribution in [0.4, 0.5) is 0 Å². The lowest BCUT2D eigenvalue weighted by atomic mass is 9.86. The van der Waals surface area contributed by atoms with Gasteiger partial charge < -0.3 is 0 Å². The smallest absolute Gasteiger partial charge is 0.228 e. The molecule has 4 heteroatoms. The molecule has 1 N–H and O–H groups in total. The monoisotopic (exact) mass is 388 g/mol. The summed E-state index contributed by atoms with van der Waals surface area (Å²) in [5.74, 6) is 0.901. The summed E-state index contributed by atoms with van der Waals surface area (Å²) in [6.07, 6.45) is 10.8. The van der Waals surface area contributed by atoms with E-state index in [-0.39, 0.29) is 0 Å². The van der Waals surface area contributed by atoms with Crippen LogP contribution in [0.2, 0.25) is 0 Å². The van der Waals surface area contributed by atoms with Gasteiger partial charge in [0.15, 0.2) is 0 Å². The first kappa shape index (κ1) is 18.8. The molecule has 0 aliphatic heterocycles. The molecular weight excluding hydrogens is 362 g/mol. The second kappa shape index (κ2) is 8.19. The molecule has 1 aromatic heterocycles. The van der Waals surface area contributed by atoms with E-state index in [2.05, 4.69) is 78.7 Å². The van der Waals surface area contributed by atoms with Gasteiger partial charge in [-0.05, 0) is 71.8 Å². The van der Waals surface area contributed by atoms with Crippen molar-refractivity contribution in [3.05, 3.63) is 83.2 Å². The molecule has 3 nitrogen and oxygen atoms in total. The number of benzene rings is 2. The topological polar surface area (TPSA) is 32.6 Å². The van der Waals surface area contributed by atoms with E-state index in [4.69, 9.17) is 0 Å². The first-order chi connectivity index (χ1) is 13.6. The van der Waals surface area contributed by atoms with Crippen molar-refractivity contribution in [2.45, 2.75) is 37.6 Å². The molecule has 4 rings (SSSR count). The standard InChI is InChI=1S/C24H25N3S/c1-17-12-13-20(15-28-24-26-25-16-27(24)3)22(14-17)21-11-7-8-18(2)23(21)19-9-5-4-6-10-19/h4-5,7-9,11-14,16H,6,10,15H2,1-3H3/p+1. The molecule has 0 radical (unpaired) electrons. The minimum Gasteiger partial charge on any atom is -0.228 e. The molecule has 3 aromatic rings. The SMILES string of the molecule is Cc1ccc(CSc2[nH]nc[n+]2C)c(-c2cccc(C)c2C2=CC=CCC2)c1. The summed E-state index contributed by atoms with van der Waals surface area (Å²) in [4.78, 5) is 0. The summed E-state index contributed by atoms with van der Waals surface area (Å²) >= 11 is 1.79. The average molecular weight is 389 g/mol. The van der Waals surface area contributed by atoms with Crippen LogP contribution in [0.15, 0.2) is 66.1 Å². The van der Waals surface area contributed by atoms with Crippen molar-refractivity contribution >= 4 is 17.3 Å². The number of aromatic amines is 1. The Labute approximate surface area is 171 Å². The number of rotatable bonds is 5. The number of H-pyrrole nitrogens is 1. The lowest BCUT2D eigenvalue weighted by Crippen LogP contribution is -2.27. The van der Waals surface area contributed by atoms with Crippen LogP contribution in [0, 0.1) is 13.8 Å². The van der Waals surface area contributed by atoms with Crippen LogP contribution in [-0.2, 0) is 12.8 Å². The van der Waals surface area contributed by atoms with Crippen molar-refractivity contribution in [1.29, 1.82) is 0 Å². The fourth-order valence-corrected chi connectivity index (χ4v) is 4.69. The zero-order valence-corrected chi connectivity index (χ0v) is 17.5. The minimum absolute atomic E-state index is 0.901. The maximum Gasteiger partial charge on any atom is 0.293 e. The van der Waals surface area contributed by atoms with Gasteiger partial charge in [-0.1, -0.05) is 60.2 Å². The van der Waals surface area contributed by atoms with Crippen LogP contribution in [-0.4, -0.2) is 10.2 Å². The van der Waals surface area contributed by atoms with Crippen molar-refractivity contribution in [2.75, 3.05) is 0 Å². The number of hydrogen-bond acceptors (Lipinski definition) is 2. The molecule has 1 aliphatic rings. The maximum atomic E-state index is 4.12. The molecule has 0 saturated carbocycles. The van der Waals surface area contributed by atoms with Crippen LogP contribution in [0.3, 0.4) is 0 Å². The molecular formula is C24H26N3S+. The number of allylic oxidation sites excluding steroid dienone is 4. The van der Waals surface area contributed by atoms with Gasteiger partial charge in [0.25, 0.3) is 11.5 Å². The highest BCUT2D eigenvalue weighted by Crippen LogP contribution is 2.38. The quantitative estimate of drug-likeness (QED) is 0.459. The average Bonchev–Trinajstić information content (AvgIpc) is 3.12. The Kier molecular flexibility index (Phi) is 5.49. The van der Waals surface area contributed by atoms with Crippen molar-refractivity contribution < 1.29 is 4.57 Å². The Morgan fingerprint density at radius 3 is 2.79 bits per heavy atom. The number of aryl methyl sites for hydroxylation is 3. The summed E-state index contributed by atoms with van der Waals surface area (Å²) in [6.45, 7) is 4.40. The molecule has 1 aliphatic carbocycles. The third kappa shape index (κ3) is 3.83. The summed E-state index contributed by atoms with van der Waals surface area (Å²) < 4.78 is 2.02. The fourth-order valence-electron chi connectivity index (χ4n) is 3.78. The predicted molar refractivity (Wildman–Crippen MR) is 117 cm³/mol. The van der Waals surface area contributed by atoms with E-state index in [1.54, 1.807) is 18.1 Å². The molecule has 0 saturated heterocycles. The molecule has 0 amide bonds. The molecule has 0 bridgehead atoms. The number of nitrogens with zero attached hydrogens (tertiary/aromatic N) is 2. The van der Waals surface area contributed by atoms with Gasteiger partial charge in [0, 0.05) is 10.9 Å². The highest BCUT2D eigenvalue weighted by Gasteiger charge is 2.17. The Morgan fingerprint density at radius 1 is 1.14 bits per heavy atom. The molecule has 2 aromatic carbocycles. The summed E-state index contributed by atoms with van der Waals surface area (Å²) in [7, 11) is 2.02. The molecule has 0 spiro atoms. The molecule has 28 heavy (non-hydrogen) atoms.